The molecule has 2 aromatic rings. The number of hydrogen-bond acceptors (Lipinski definition) is 5. The van der Waals surface area contributed by atoms with E-state index in [-0.39, 0.29) is 0 Å². The number of rotatable bonds is 6. The van der Waals surface area contributed by atoms with Crippen LogP contribution in [0, 0.1) is 0 Å². The Balaban J connectivity index is 1.91. The van der Waals surface area contributed by atoms with E-state index in [1.807, 2.05) is 19.1 Å². The number of carbonyl (C=O) groups is 2. The lowest BCUT2D eigenvalue weighted by atomic mass is 10.1. The zero-order chi connectivity index (χ0) is 21.0. The number of halogens is 1. The van der Waals surface area contributed by atoms with E-state index in [0.717, 1.165) is 21.5 Å². The highest BCUT2D eigenvalue weighted by atomic mass is 79.9. The first-order chi connectivity index (χ1) is 14.0. The Morgan fingerprint density at radius 2 is 1.97 bits per heavy atom. The minimum atomic E-state index is -0.460. The molecule has 2 amide bonds. The summed E-state index contributed by atoms with van der Waals surface area (Å²) in [6.07, 6.45) is 2.56. The van der Waals surface area contributed by atoms with Crippen LogP contribution in [0.25, 0.3) is 6.08 Å². The van der Waals surface area contributed by atoms with Gasteiger partial charge in [-0.3, -0.25) is 9.59 Å². The molecule has 0 N–H and O–H groups in total. The van der Waals surface area contributed by atoms with Gasteiger partial charge in [0.1, 0.15) is 0 Å². The van der Waals surface area contributed by atoms with Crippen molar-refractivity contribution in [3.8, 4) is 11.5 Å². The Bertz CT molecular complexity index is 999. The van der Waals surface area contributed by atoms with E-state index in [0.29, 0.717) is 35.0 Å². The van der Waals surface area contributed by atoms with Crippen LogP contribution < -0.4 is 9.47 Å². The lowest BCUT2D eigenvalue weighted by molar-refractivity contribution is -0.123. The van der Waals surface area contributed by atoms with Gasteiger partial charge in [0.15, 0.2) is 11.5 Å². The lowest BCUT2D eigenvalue weighted by Crippen LogP contribution is -2.29. The van der Waals surface area contributed by atoms with Crippen LogP contribution in [0.5, 0.6) is 11.5 Å². The Hall–Kier alpha value is -2.93. The molecule has 0 unspecified atom stereocenters. The molecule has 0 aromatic heterocycles. The monoisotopic (exact) mass is 456 g/mol. The van der Waals surface area contributed by atoms with E-state index in [4.69, 9.17) is 9.47 Å². The van der Waals surface area contributed by atoms with E-state index in [1.165, 1.54) is 0 Å². The summed E-state index contributed by atoms with van der Waals surface area (Å²) in [5, 5.41) is 5.07. The van der Waals surface area contributed by atoms with Crippen molar-refractivity contribution in [2.45, 2.75) is 20.3 Å². The van der Waals surface area contributed by atoms with Crippen molar-refractivity contribution in [2.75, 3.05) is 13.7 Å². The van der Waals surface area contributed by atoms with Crippen molar-refractivity contribution in [3.05, 3.63) is 63.6 Å². The molecule has 0 saturated heterocycles. The minimum absolute atomic E-state index is 0.352. The highest BCUT2D eigenvalue weighted by Gasteiger charge is 2.33. The number of benzene rings is 2. The molecule has 29 heavy (non-hydrogen) atoms. The van der Waals surface area contributed by atoms with Gasteiger partial charge in [-0.25, -0.2) is 0 Å². The molecule has 6 nitrogen and oxygen atoms in total. The van der Waals surface area contributed by atoms with Gasteiger partial charge < -0.3 is 9.47 Å². The van der Waals surface area contributed by atoms with E-state index >= 15 is 0 Å². The molecule has 7 heteroatoms. The third-order valence-corrected chi connectivity index (χ3v) is 4.88. The van der Waals surface area contributed by atoms with Crippen LogP contribution >= 0.6 is 15.9 Å². The molecule has 1 heterocycles. The van der Waals surface area contributed by atoms with Crippen molar-refractivity contribution in [1.82, 2.24) is 5.01 Å². The van der Waals surface area contributed by atoms with Crippen molar-refractivity contribution in [2.24, 2.45) is 5.10 Å². The van der Waals surface area contributed by atoms with E-state index in [2.05, 4.69) is 21.0 Å². The van der Waals surface area contributed by atoms with Gasteiger partial charge in [-0.15, -0.1) is 0 Å². The topological polar surface area (TPSA) is 68.2 Å². The maximum atomic E-state index is 12.8. The van der Waals surface area contributed by atoms with Gasteiger partial charge in [-0.05, 0) is 65.2 Å². The summed E-state index contributed by atoms with van der Waals surface area (Å²) in [7, 11) is 1.56. The highest BCUT2D eigenvalue weighted by Crippen LogP contribution is 2.37. The van der Waals surface area contributed by atoms with Crippen molar-refractivity contribution >= 4 is 39.5 Å². The van der Waals surface area contributed by atoms with Gasteiger partial charge in [-0.1, -0.05) is 25.1 Å². The van der Waals surface area contributed by atoms with Gasteiger partial charge in [-0.2, -0.15) is 10.1 Å². The largest absolute Gasteiger partial charge is 0.493 e. The summed E-state index contributed by atoms with van der Waals surface area (Å²) in [4.78, 5) is 25.5. The van der Waals surface area contributed by atoms with E-state index < -0.39 is 11.8 Å². The maximum Gasteiger partial charge on any atom is 0.283 e. The molecule has 3 rings (SSSR count). The lowest BCUT2D eigenvalue weighted by Gasteiger charge is -2.13. The second kappa shape index (κ2) is 9.05. The molecule has 0 aliphatic carbocycles. The average Bonchev–Trinajstić information content (AvgIpc) is 3.01. The van der Waals surface area contributed by atoms with Gasteiger partial charge in [0.05, 0.1) is 29.5 Å². The van der Waals surface area contributed by atoms with Crippen LogP contribution in [0.1, 0.15) is 36.2 Å². The number of methoxy groups -OCH3 is 1. The molecular weight excluding hydrogens is 436 g/mol. The maximum absolute atomic E-state index is 12.8. The minimum Gasteiger partial charge on any atom is -0.493 e. The molecule has 1 aliphatic rings. The normalized spacial score (nSPS) is 14.9. The van der Waals surface area contributed by atoms with Crippen LogP contribution in [0.3, 0.4) is 0 Å². The van der Waals surface area contributed by atoms with E-state index in [1.54, 1.807) is 50.4 Å². The summed E-state index contributed by atoms with van der Waals surface area (Å²) in [5.74, 6) is 0.246. The van der Waals surface area contributed by atoms with Crippen molar-refractivity contribution < 1.29 is 19.1 Å². The highest BCUT2D eigenvalue weighted by molar-refractivity contribution is 9.10. The fraction of sp³-hybridized carbons (Fsp3) is 0.227. The Morgan fingerprint density at radius 3 is 2.62 bits per heavy atom. The van der Waals surface area contributed by atoms with E-state index in [9.17, 15) is 9.59 Å². The zero-order valence-corrected chi connectivity index (χ0v) is 18.0. The summed E-state index contributed by atoms with van der Waals surface area (Å²) < 4.78 is 11.9. The molecule has 0 bridgehead atoms. The predicted molar refractivity (Wildman–Crippen MR) is 115 cm³/mol. The first-order valence-electron chi connectivity index (χ1n) is 9.17. The van der Waals surface area contributed by atoms with Gasteiger partial charge in [0.25, 0.3) is 11.8 Å². The van der Waals surface area contributed by atoms with Gasteiger partial charge in [0, 0.05) is 5.56 Å². The number of carbonyl (C=O) groups excluding carboxylic acids is 2. The molecule has 2 aromatic carbocycles. The third kappa shape index (κ3) is 4.40. The smallest absolute Gasteiger partial charge is 0.283 e. The van der Waals surface area contributed by atoms with Gasteiger partial charge >= 0.3 is 0 Å². The fourth-order valence-corrected chi connectivity index (χ4v) is 3.43. The number of amides is 2. The summed E-state index contributed by atoms with van der Waals surface area (Å²) in [6.45, 7) is 4.29. The van der Waals surface area contributed by atoms with Gasteiger partial charge in [0.2, 0.25) is 0 Å². The molecule has 0 atom stereocenters. The van der Waals surface area contributed by atoms with Crippen molar-refractivity contribution in [3.63, 3.8) is 0 Å². The number of nitrogens with zero attached hydrogens (tertiary/aromatic N) is 2. The van der Waals surface area contributed by atoms with Crippen molar-refractivity contribution in [1.29, 1.82) is 0 Å². The average molecular weight is 457 g/mol. The van der Waals surface area contributed by atoms with Crippen LogP contribution in [-0.4, -0.2) is 36.3 Å². The molecule has 0 fully saturated rings. The number of imide groups is 1. The predicted octanol–water partition coefficient (Wildman–Crippen LogP) is 4.69. The number of ether oxygens (including phenoxy) is 2. The molecule has 0 spiro atoms. The van der Waals surface area contributed by atoms with Crippen LogP contribution in [0.2, 0.25) is 0 Å². The third-order valence-electron chi connectivity index (χ3n) is 4.29. The molecule has 0 saturated carbocycles. The summed E-state index contributed by atoms with van der Waals surface area (Å²) >= 11 is 3.50. The second-order valence-electron chi connectivity index (χ2n) is 6.41. The Kier molecular flexibility index (Phi) is 6.49. The molecular formula is C22H21BrN2O4. The number of hydrazone groups is 1. The second-order valence-corrected chi connectivity index (χ2v) is 7.27. The first kappa shape index (κ1) is 20.8. The standard InChI is InChI=1S/C22H21BrN2O4/c1-4-10-29-20-18(23)12-15(13-19(20)28-3)11-17-14(2)24-25(22(17)27)21(26)16-8-6-5-7-9-16/h5-9,11-13H,4,10H2,1-3H3/b17-11+. The fourth-order valence-electron chi connectivity index (χ4n) is 2.86. The summed E-state index contributed by atoms with van der Waals surface area (Å²) in [5.41, 5.74) is 1.95. The first-order valence-corrected chi connectivity index (χ1v) is 9.97. The zero-order valence-electron chi connectivity index (χ0n) is 16.4. The van der Waals surface area contributed by atoms with Crippen LogP contribution in [-0.2, 0) is 4.79 Å². The number of hydrogen-bond donors (Lipinski definition) is 0. The van der Waals surface area contributed by atoms with Crippen LogP contribution in [0.15, 0.2) is 57.6 Å². The van der Waals surface area contributed by atoms with Crippen LogP contribution in [0.4, 0.5) is 0 Å². The molecule has 150 valence electrons. The Morgan fingerprint density at radius 1 is 1.24 bits per heavy atom. The summed E-state index contributed by atoms with van der Waals surface area (Å²) in [6, 6.07) is 12.2. The Labute approximate surface area is 177 Å². The molecule has 1 aliphatic heterocycles. The quantitative estimate of drug-likeness (QED) is 0.467. The SMILES string of the molecule is CCCOc1c(Br)cc(/C=C2/C(=O)N(C(=O)c3ccccc3)N=C2C)cc1OC. The molecule has 0 radical (unpaired) electrons.